The molecule has 0 saturated carbocycles. The third-order valence-electron chi connectivity index (χ3n) is 2.24. The first-order valence-electron chi connectivity index (χ1n) is 4.20. The highest BCUT2D eigenvalue weighted by Crippen LogP contribution is 2.24. The molecule has 0 radical (unpaired) electrons. The fraction of sp³-hybridized carbons (Fsp3) is 0.273. The second-order valence-electron chi connectivity index (χ2n) is 3.49. The van der Waals surface area contributed by atoms with Gasteiger partial charge >= 0.3 is 0 Å². The summed E-state index contributed by atoms with van der Waals surface area (Å²) in [6, 6.07) is 5.33. The molecule has 2 heteroatoms. The van der Waals surface area contributed by atoms with Crippen LogP contribution in [0.3, 0.4) is 0 Å². The van der Waals surface area contributed by atoms with E-state index in [2.05, 4.69) is 6.58 Å². The van der Waals surface area contributed by atoms with Crippen LogP contribution in [0.25, 0.3) is 0 Å². The molecule has 0 aliphatic heterocycles. The minimum absolute atomic E-state index is 0.295. The van der Waals surface area contributed by atoms with Crippen LogP contribution in [0, 0.1) is 6.92 Å². The second-order valence-corrected chi connectivity index (χ2v) is 3.49. The molecule has 3 N–H and O–H groups in total. The summed E-state index contributed by atoms with van der Waals surface area (Å²) in [5.41, 5.74) is 7.21. The van der Waals surface area contributed by atoms with Gasteiger partial charge in [0.05, 0.1) is 5.54 Å². The van der Waals surface area contributed by atoms with Crippen molar-refractivity contribution in [2.24, 2.45) is 5.73 Å². The predicted octanol–water partition coefficient (Wildman–Crippen LogP) is 2.06. The second kappa shape index (κ2) is 3.23. The van der Waals surface area contributed by atoms with Gasteiger partial charge in [0.1, 0.15) is 5.75 Å². The zero-order valence-corrected chi connectivity index (χ0v) is 8.04. The number of rotatable bonds is 2. The Balaban J connectivity index is 3.18. The van der Waals surface area contributed by atoms with Gasteiger partial charge in [-0.15, -0.1) is 6.58 Å². The zero-order valence-electron chi connectivity index (χ0n) is 8.04. The van der Waals surface area contributed by atoms with Crippen molar-refractivity contribution in [1.29, 1.82) is 0 Å². The fourth-order valence-electron chi connectivity index (χ4n) is 1.11. The summed E-state index contributed by atoms with van der Waals surface area (Å²) in [5.74, 6) is 0.295. The van der Waals surface area contributed by atoms with E-state index in [0.717, 1.165) is 11.1 Å². The number of phenols is 1. The maximum absolute atomic E-state index is 9.32. The molecule has 0 aliphatic carbocycles. The predicted molar refractivity (Wildman–Crippen MR) is 54.6 cm³/mol. The van der Waals surface area contributed by atoms with Gasteiger partial charge < -0.3 is 10.8 Å². The molecule has 0 heterocycles. The number of phenolic OH excluding ortho intramolecular Hbond substituents is 1. The average molecular weight is 177 g/mol. The first kappa shape index (κ1) is 9.81. The summed E-state index contributed by atoms with van der Waals surface area (Å²) in [7, 11) is 0. The summed E-state index contributed by atoms with van der Waals surface area (Å²) in [6.45, 7) is 7.40. The van der Waals surface area contributed by atoms with E-state index in [1.807, 2.05) is 26.0 Å². The van der Waals surface area contributed by atoms with Crippen molar-refractivity contribution in [3.05, 3.63) is 42.0 Å². The molecule has 0 saturated heterocycles. The Labute approximate surface area is 78.7 Å². The van der Waals surface area contributed by atoms with Crippen LogP contribution in [-0.4, -0.2) is 5.11 Å². The average Bonchev–Trinajstić information content (AvgIpc) is 2.09. The molecule has 0 bridgehead atoms. The molecular formula is C11H15NO. The van der Waals surface area contributed by atoms with Crippen molar-refractivity contribution < 1.29 is 5.11 Å². The molecule has 1 atom stereocenters. The van der Waals surface area contributed by atoms with Crippen LogP contribution in [0.1, 0.15) is 18.1 Å². The molecule has 1 rings (SSSR count). The summed E-state index contributed by atoms with van der Waals surface area (Å²) < 4.78 is 0. The van der Waals surface area contributed by atoms with Gasteiger partial charge in [0, 0.05) is 0 Å². The third kappa shape index (κ3) is 1.90. The Hall–Kier alpha value is -1.28. The van der Waals surface area contributed by atoms with E-state index in [4.69, 9.17) is 5.73 Å². The standard InChI is InChI=1S/C11H15NO/c1-4-11(3,12)9-5-6-10(13)8(2)7-9/h4-7,13H,1,12H2,2-3H3/t11-/m1/s1. The quantitative estimate of drug-likeness (QED) is 0.679. The molecule has 0 aliphatic rings. The molecule has 1 aromatic rings. The topological polar surface area (TPSA) is 46.2 Å². The van der Waals surface area contributed by atoms with Crippen molar-refractivity contribution in [2.75, 3.05) is 0 Å². The molecule has 0 aromatic heterocycles. The minimum Gasteiger partial charge on any atom is -0.508 e. The van der Waals surface area contributed by atoms with Gasteiger partial charge in [-0.05, 0) is 31.0 Å². The number of hydrogen-bond acceptors (Lipinski definition) is 2. The minimum atomic E-state index is -0.529. The SMILES string of the molecule is C=C[C@@](C)(N)c1ccc(O)c(C)c1. The number of hydrogen-bond donors (Lipinski definition) is 2. The number of aryl methyl sites for hydroxylation is 1. The Morgan fingerprint density at radius 3 is 2.62 bits per heavy atom. The Kier molecular flexibility index (Phi) is 2.43. The fourth-order valence-corrected chi connectivity index (χ4v) is 1.11. The first-order chi connectivity index (χ1) is 5.97. The lowest BCUT2D eigenvalue weighted by atomic mass is 9.92. The molecule has 0 amide bonds. The highest BCUT2D eigenvalue weighted by atomic mass is 16.3. The van der Waals surface area contributed by atoms with Gasteiger partial charge in [-0.1, -0.05) is 18.2 Å². The number of benzene rings is 1. The molecule has 2 nitrogen and oxygen atoms in total. The molecule has 1 aromatic carbocycles. The Bertz CT molecular complexity index is 329. The maximum atomic E-state index is 9.32. The van der Waals surface area contributed by atoms with Gasteiger partial charge in [-0.3, -0.25) is 0 Å². The van der Waals surface area contributed by atoms with Crippen LogP contribution in [0.15, 0.2) is 30.9 Å². The lowest BCUT2D eigenvalue weighted by molar-refractivity contribution is 0.470. The molecule has 0 fully saturated rings. The zero-order chi connectivity index (χ0) is 10.1. The van der Waals surface area contributed by atoms with Crippen molar-refractivity contribution in [2.45, 2.75) is 19.4 Å². The van der Waals surface area contributed by atoms with Gasteiger partial charge in [0.15, 0.2) is 0 Å². The van der Waals surface area contributed by atoms with Crippen molar-refractivity contribution >= 4 is 0 Å². The van der Waals surface area contributed by atoms with Crippen molar-refractivity contribution in [1.82, 2.24) is 0 Å². The normalized spacial score (nSPS) is 15.0. The third-order valence-corrected chi connectivity index (χ3v) is 2.24. The summed E-state index contributed by atoms with van der Waals surface area (Å²) in [5, 5.41) is 9.32. The smallest absolute Gasteiger partial charge is 0.118 e. The maximum Gasteiger partial charge on any atom is 0.118 e. The monoisotopic (exact) mass is 177 g/mol. The lowest BCUT2D eigenvalue weighted by Crippen LogP contribution is -2.29. The van der Waals surface area contributed by atoms with E-state index < -0.39 is 5.54 Å². The van der Waals surface area contributed by atoms with E-state index in [-0.39, 0.29) is 0 Å². The molecule has 70 valence electrons. The van der Waals surface area contributed by atoms with E-state index in [1.165, 1.54) is 0 Å². The highest BCUT2D eigenvalue weighted by molar-refractivity contribution is 5.39. The van der Waals surface area contributed by atoms with Crippen LogP contribution < -0.4 is 5.73 Å². The van der Waals surface area contributed by atoms with Crippen LogP contribution in [0.2, 0.25) is 0 Å². The van der Waals surface area contributed by atoms with Crippen LogP contribution >= 0.6 is 0 Å². The van der Waals surface area contributed by atoms with E-state index in [9.17, 15) is 5.11 Å². The Morgan fingerprint density at radius 2 is 2.15 bits per heavy atom. The van der Waals surface area contributed by atoms with Crippen LogP contribution in [0.4, 0.5) is 0 Å². The van der Waals surface area contributed by atoms with Crippen LogP contribution in [-0.2, 0) is 5.54 Å². The van der Waals surface area contributed by atoms with Gasteiger partial charge in [0.25, 0.3) is 0 Å². The summed E-state index contributed by atoms with van der Waals surface area (Å²) >= 11 is 0. The molecule has 0 unspecified atom stereocenters. The lowest BCUT2D eigenvalue weighted by Gasteiger charge is -2.21. The highest BCUT2D eigenvalue weighted by Gasteiger charge is 2.16. The van der Waals surface area contributed by atoms with Crippen LogP contribution in [0.5, 0.6) is 5.75 Å². The first-order valence-corrected chi connectivity index (χ1v) is 4.20. The molecule has 0 spiro atoms. The molecule has 13 heavy (non-hydrogen) atoms. The number of aromatic hydroxyl groups is 1. The van der Waals surface area contributed by atoms with E-state index >= 15 is 0 Å². The van der Waals surface area contributed by atoms with Gasteiger partial charge in [0.2, 0.25) is 0 Å². The Morgan fingerprint density at radius 1 is 1.54 bits per heavy atom. The van der Waals surface area contributed by atoms with Gasteiger partial charge in [-0.25, -0.2) is 0 Å². The van der Waals surface area contributed by atoms with Crippen molar-refractivity contribution in [3.63, 3.8) is 0 Å². The van der Waals surface area contributed by atoms with Gasteiger partial charge in [-0.2, -0.15) is 0 Å². The van der Waals surface area contributed by atoms with E-state index in [0.29, 0.717) is 5.75 Å². The summed E-state index contributed by atoms with van der Waals surface area (Å²) in [6.07, 6.45) is 1.69. The summed E-state index contributed by atoms with van der Waals surface area (Å²) in [4.78, 5) is 0. The number of nitrogens with two attached hydrogens (primary N) is 1. The molecular weight excluding hydrogens is 162 g/mol. The largest absolute Gasteiger partial charge is 0.508 e. The van der Waals surface area contributed by atoms with E-state index in [1.54, 1.807) is 12.1 Å². The van der Waals surface area contributed by atoms with Crippen molar-refractivity contribution in [3.8, 4) is 5.75 Å².